The molecule has 0 aliphatic carbocycles. The van der Waals surface area contributed by atoms with E-state index in [4.69, 9.17) is 11.6 Å². The van der Waals surface area contributed by atoms with E-state index in [2.05, 4.69) is 10.6 Å². The molecule has 0 spiro atoms. The van der Waals surface area contributed by atoms with Gasteiger partial charge in [-0.25, -0.2) is 9.18 Å². The molecule has 0 saturated heterocycles. The molecule has 0 radical (unpaired) electrons. The first-order valence-corrected chi connectivity index (χ1v) is 6.89. The number of rotatable bonds is 3. The number of anilines is 1. The highest BCUT2D eigenvalue weighted by atomic mass is 35.5. The Hall–Kier alpha value is -2.07. The van der Waals surface area contributed by atoms with Crippen molar-refractivity contribution in [3.05, 3.63) is 63.9 Å². The second kappa shape index (κ2) is 6.59. The summed E-state index contributed by atoms with van der Waals surface area (Å²) in [4.78, 5) is 11.9. The molecular weight excluding hydrogens is 291 g/mol. The van der Waals surface area contributed by atoms with Crippen molar-refractivity contribution in [2.24, 2.45) is 0 Å². The minimum atomic E-state index is -0.436. The maximum absolute atomic E-state index is 13.6. The summed E-state index contributed by atoms with van der Waals surface area (Å²) in [6.07, 6.45) is 0. The monoisotopic (exact) mass is 306 g/mol. The van der Waals surface area contributed by atoms with Crippen molar-refractivity contribution in [3.63, 3.8) is 0 Å². The Morgan fingerprint density at radius 3 is 2.67 bits per heavy atom. The highest BCUT2D eigenvalue weighted by Crippen LogP contribution is 2.17. The lowest BCUT2D eigenvalue weighted by molar-refractivity contribution is 0.251. The highest BCUT2D eigenvalue weighted by Gasteiger charge is 2.07. The number of amides is 2. The maximum atomic E-state index is 13.6. The zero-order valence-electron chi connectivity index (χ0n) is 11.8. The van der Waals surface area contributed by atoms with E-state index >= 15 is 0 Å². The Balaban J connectivity index is 1.97. The minimum absolute atomic E-state index is 0.0969. The van der Waals surface area contributed by atoms with E-state index < -0.39 is 5.82 Å². The lowest BCUT2D eigenvalue weighted by Crippen LogP contribution is -2.28. The van der Waals surface area contributed by atoms with Crippen molar-refractivity contribution >= 4 is 23.3 Å². The van der Waals surface area contributed by atoms with Gasteiger partial charge in [-0.3, -0.25) is 0 Å². The molecule has 0 atom stereocenters. The molecule has 2 N–H and O–H groups in total. The second-order valence-electron chi connectivity index (χ2n) is 4.86. The fourth-order valence-electron chi connectivity index (χ4n) is 1.88. The predicted molar refractivity (Wildman–Crippen MR) is 83.2 cm³/mol. The van der Waals surface area contributed by atoms with Gasteiger partial charge < -0.3 is 10.6 Å². The molecule has 0 fully saturated rings. The molecule has 0 aliphatic rings. The normalized spacial score (nSPS) is 10.3. The second-order valence-corrected chi connectivity index (χ2v) is 5.30. The number of nitrogens with one attached hydrogen (secondary N) is 2. The van der Waals surface area contributed by atoms with Crippen LogP contribution in [0.15, 0.2) is 36.4 Å². The molecule has 2 aromatic rings. The first-order valence-electron chi connectivity index (χ1n) is 6.52. The van der Waals surface area contributed by atoms with Crippen LogP contribution in [0.4, 0.5) is 14.9 Å². The number of aryl methyl sites for hydroxylation is 2. The summed E-state index contributed by atoms with van der Waals surface area (Å²) in [7, 11) is 0. The minimum Gasteiger partial charge on any atom is -0.334 e. The Labute approximate surface area is 128 Å². The first kappa shape index (κ1) is 15.3. The molecule has 5 heteroatoms. The van der Waals surface area contributed by atoms with Gasteiger partial charge in [0.1, 0.15) is 5.82 Å². The summed E-state index contributed by atoms with van der Waals surface area (Å²) < 4.78 is 13.6. The Morgan fingerprint density at radius 1 is 1.19 bits per heavy atom. The number of carbonyl (C=O) groups excluding carboxylic acids is 1. The molecule has 2 aromatic carbocycles. The maximum Gasteiger partial charge on any atom is 0.319 e. The third-order valence-electron chi connectivity index (χ3n) is 3.10. The molecule has 0 aliphatic heterocycles. The zero-order chi connectivity index (χ0) is 15.4. The van der Waals surface area contributed by atoms with Crippen LogP contribution in [0.5, 0.6) is 0 Å². The standard InChI is InChI=1S/C16H16ClFN2O/c1-10-3-4-11(2)15(7-10)20-16(21)19-9-12-5-6-13(17)8-14(12)18/h3-8H,9H2,1-2H3,(H2,19,20,21). The van der Waals surface area contributed by atoms with Crippen LogP contribution in [-0.4, -0.2) is 6.03 Å². The van der Waals surface area contributed by atoms with Crippen molar-refractivity contribution in [2.75, 3.05) is 5.32 Å². The van der Waals surface area contributed by atoms with Gasteiger partial charge in [-0.05, 0) is 43.2 Å². The van der Waals surface area contributed by atoms with Gasteiger partial charge >= 0.3 is 6.03 Å². The van der Waals surface area contributed by atoms with E-state index in [-0.39, 0.29) is 12.6 Å². The summed E-state index contributed by atoms with van der Waals surface area (Å²) >= 11 is 5.68. The van der Waals surface area contributed by atoms with Crippen LogP contribution in [0.25, 0.3) is 0 Å². The van der Waals surface area contributed by atoms with E-state index in [0.29, 0.717) is 10.6 Å². The Morgan fingerprint density at radius 2 is 1.95 bits per heavy atom. The number of urea groups is 1. The topological polar surface area (TPSA) is 41.1 Å². The van der Waals surface area contributed by atoms with Crippen LogP contribution in [-0.2, 0) is 6.54 Å². The van der Waals surface area contributed by atoms with Gasteiger partial charge in [0.2, 0.25) is 0 Å². The van der Waals surface area contributed by atoms with Crippen molar-refractivity contribution in [1.82, 2.24) is 5.32 Å². The largest absolute Gasteiger partial charge is 0.334 e. The van der Waals surface area contributed by atoms with E-state index in [1.807, 2.05) is 32.0 Å². The van der Waals surface area contributed by atoms with Gasteiger partial charge in [0.15, 0.2) is 0 Å². The fraction of sp³-hybridized carbons (Fsp3) is 0.188. The molecule has 2 rings (SSSR count). The van der Waals surface area contributed by atoms with Gasteiger partial charge in [-0.15, -0.1) is 0 Å². The number of hydrogen-bond acceptors (Lipinski definition) is 1. The number of halogens is 2. The number of hydrogen-bond donors (Lipinski definition) is 2. The highest BCUT2D eigenvalue weighted by molar-refractivity contribution is 6.30. The molecule has 0 heterocycles. The van der Waals surface area contributed by atoms with Crippen molar-refractivity contribution in [2.45, 2.75) is 20.4 Å². The van der Waals surface area contributed by atoms with E-state index in [0.717, 1.165) is 16.8 Å². The molecule has 0 bridgehead atoms. The quantitative estimate of drug-likeness (QED) is 0.866. The summed E-state index contributed by atoms with van der Waals surface area (Å²) in [6.45, 7) is 3.96. The van der Waals surface area contributed by atoms with Gasteiger partial charge in [0, 0.05) is 22.8 Å². The lowest BCUT2D eigenvalue weighted by Gasteiger charge is -2.11. The Bertz CT molecular complexity index is 673. The molecule has 3 nitrogen and oxygen atoms in total. The van der Waals surface area contributed by atoms with Crippen LogP contribution in [0.1, 0.15) is 16.7 Å². The molecule has 0 unspecified atom stereocenters. The van der Waals surface area contributed by atoms with Gasteiger partial charge in [-0.1, -0.05) is 29.8 Å². The number of carbonyl (C=O) groups is 1. The summed E-state index contributed by atoms with van der Waals surface area (Å²) in [5, 5.41) is 5.70. The van der Waals surface area contributed by atoms with Crippen LogP contribution in [0, 0.1) is 19.7 Å². The lowest BCUT2D eigenvalue weighted by atomic mass is 10.1. The van der Waals surface area contributed by atoms with E-state index in [1.165, 1.54) is 6.07 Å². The summed E-state index contributed by atoms with van der Waals surface area (Å²) in [5.41, 5.74) is 3.15. The van der Waals surface area contributed by atoms with Crippen LogP contribution in [0.3, 0.4) is 0 Å². The smallest absolute Gasteiger partial charge is 0.319 e. The molecule has 0 saturated carbocycles. The average Bonchev–Trinajstić information content (AvgIpc) is 2.42. The predicted octanol–water partition coefficient (Wildman–Crippen LogP) is 4.42. The zero-order valence-corrected chi connectivity index (χ0v) is 12.6. The van der Waals surface area contributed by atoms with E-state index in [1.54, 1.807) is 12.1 Å². The molecule has 21 heavy (non-hydrogen) atoms. The molecule has 110 valence electrons. The van der Waals surface area contributed by atoms with Crippen LogP contribution >= 0.6 is 11.6 Å². The van der Waals surface area contributed by atoms with E-state index in [9.17, 15) is 9.18 Å². The molecule has 0 aromatic heterocycles. The van der Waals surface area contributed by atoms with Crippen LogP contribution in [0.2, 0.25) is 5.02 Å². The van der Waals surface area contributed by atoms with Gasteiger partial charge in [0.25, 0.3) is 0 Å². The fourth-order valence-corrected chi connectivity index (χ4v) is 2.04. The van der Waals surface area contributed by atoms with Crippen LogP contribution < -0.4 is 10.6 Å². The van der Waals surface area contributed by atoms with Gasteiger partial charge in [0.05, 0.1) is 0 Å². The summed E-state index contributed by atoms with van der Waals surface area (Å²) in [6, 6.07) is 9.78. The van der Waals surface area contributed by atoms with Crippen molar-refractivity contribution in [1.29, 1.82) is 0 Å². The Kier molecular flexibility index (Phi) is 4.81. The third kappa shape index (κ3) is 4.20. The van der Waals surface area contributed by atoms with Crippen molar-refractivity contribution < 1.29 is 9.18 Å². The SMILES string of the molecule is Cc1ccc(C)c(NC(=O)NCc2ccc(Cl)cc2F)c1. The first-order chi connectivity index (χ1) is 9.95. The number of benzene rings is 2. The molecule has 2 amide bonds. The third-order valence-corrected chi connectivity index (χ3v) is 3.33. The van der Waals surface area contributed by atoms with Crippen molar-refractivity contribution in [3.8, 4) is 0 Å². The molecular formula is C16H16ClFN2O. The summed E-state index contributed by atoms with van der Waals surface area (Å²) in [5.74, 6) is -0.436. The van der Waals surface area contributed by atoms with Gasteiger partial charge in [-0.2, -0.15) is 0 Å². The average molecular weight is 307 g/mol.